The Morgan fingerprint density at radius 1 is 1.42 bits per heavy atom. The van der Waals surface area contributed by atoms with E-state index in [0.717, 1.165) is 12.8 Å². The van der Waals surface area contributed by atoms with Gasteiger partial charge in [-0.25, -0.2) is 8.42 Å². The van der Waals surface area contributed by atoms with E-state index in [1.165, 1.54) is 0 Å². The number of nitrogens with zero attached hydrogens (tertiary/aromatic N) is 1. The number of hydrogen-bond donors (Lipinski definition) is 1. The maximum Gasteiger partial charge on any atom is 0.151 e. The SMILES string of the molecule is CN(C)NC1CCCS(=O)(=O)C1. The molecule has 0 aliphatic carbocycles. The first kappa shape index (κ1) is 9.95. The van der Waals surface area contributed by atoms with Crippen molar-refractivity contribution in [1.82, 2.24) is 10.4 Å². The lowest BCUT2D eigenvalue weighted by molar-refractivity contribution is 0.241. The Kier molecular flexibility index (Phi) is 3.09. The average Bonchev–Trinajstić information content (AvgIpc) is 1.82. The van der Waals surface area contributed by atoms with Crippen molar-refractivity contribution in [3.63, 3.8) is 0 Å². The van der Waals surface area contributed by atoms with E-state index in [-0.39, 0.29) is 11.8 Å². The van der Waals surface area contributed by atoms with E-state index in [1.54, 1.807) is 0 Å². The summed E-state index contributed by atoms with van der Waals surface area (Å²) in [6.45, 7) is 0. The highest BCUT2D eigenvalue weighted by Gasteiger charge is 2.24. The second-order valence-corrected chi connectivity index (χ2v) is 5.71. The van der Waals surface area contributed by atoms with Gasteiger partial charge in [-0.3, -0.25) is 10.4 Å². The van der Waals surface area contributed by atoms with Crippen molar-refractivity contribution in [3.8, 4) is 0 Å². The fourth-order valence-corrected chi connectivity index (χ4v) is 3.12. The third-order valence-electron chi connectivity index (χ3n) is 1.90. The Morgan fingerprint density at radius 2 is 2.08 bits per heavy atom. The summed E-state index contributed by atoms with van der Waals surface area (Å²) in [5.41, 5.74) is 3.09. The minimum atomic E-state index is -2.77. The monoisotopic (exact) mass is 192 g/mol. The van der Waals surface area contributed by atoms with Crippen LogP contribution in [0.15, 0.2) is 0 Å². The Labute approximate surface area is 73.8 Å². The highest BCUT2D eigenvalue weighted by atomic mass is 32.2. The number of sulfone groups is 1. The number of nitrogens with one attached hydrogen (secondary N) is 1. The Morgan fingerprint density at radius 3 is 2.58 bits per heavy atom. The Hall–Kier alpha value is -0.130. The van der Waals surface area contributed by atoms with Crippen LogP contribution < -0.4 is 5.43 Å². The van der Waals surface area contributed by atoms with E-state index in [0.29, 0.717) is 5.75 Å². The predicted molar refractivity (Wildman–Crippen MR) is 48.5 cm³/mol. The van der Waals surface area contributed by atoms with Crippen LogP contribution in [0.2, 0.25) is 0 Å². The fourth-order valence-electron chi connectivity index (χ4n) is 1.49. The van der Waals surface area contributed by atoms with Crippen molar-refractivity contribution < 1.29 is 8.42 Å². The lowest BCUT2D eigenvalue weighted by Gasteiger charge is -2.26. The summed E-state index contributed by atoms with van der Waals surface area (Å²) in [6, 6.07) is 0.110. The van der Waals surface area contributed by atoms with Crippen LogP contribution in [0.25, 0.3) is 0 Å². The molecule has 1 aliphatic heterocycles. The van der Waals surface area contributed by atoms with Gasteiger partial charge in [0, 0.05) is 20.1 Å². The van der Waals surface area contributed by atoms with Gasteiger partial charge in [0.1, 0.15) is 0 Å². The van der Waals surface area contributed by atoms with E-state index in [1.807, 2.05) is 19.1 Å². The second-order valence-electron chi connectivity index (χ2n) is 3.48. The summed E-state index contributed by atoms with van der Waals surface area (Å²) in [7, 11) is 0.986. The van der Waals surface area contributed by atoms with Crippen molar-refractivity contribution in [2.45, 2.75) is 18.9 Å². The molecule has 0 amide bonds. The van der Waals surface area contributed by atoms with Gasteiger partial charge in [-0.2, -0.15) is 0 Å². The van der Waals surface area contributed by atoms with Crippen LogP contribution in [-0.2, 0) is 9.84 Å². The molecule has 1 heterocycles. The molecule has 1 unspecified atom stereocenters. The third kappa shape index (κ3) is 3.08. The van der Waals surface area contributed by atoms with Gasteiger partial charge in [0.25, 0.3) is 0 Å². The molecule has 0 aromatic heterocycles. The largest absolute Gasteiger partial charge is 0.252 e. The van der Waals surface area contributed by atoms with Crippen molar-refractivity contribution >= 4 is 9.84 Å². The van der Waals surface area contributed by atoms with Crippen molar-refractivity contribution in [2.24, 2.45) is 0 Å². The van der Waals surface area contributed by atoms with Gasteiger partial charge in [0.15, 0.2) is 9.84 Å². The van der Waals surface area contributed by atoms with E-state index >= 15 is 0 Å². The van der Waals surface area contributed by atoms with E-state index < -0.39 is 9.84 Å². The first-order chi connectivity index (χ1) is 5.49. The van der Waals surface area contributed by atoms with E-state index in [2.05, 4.69) is 5.43 Å². The van der Waals surface area contributed by atoms with Gasteiger partial charge in [0.05, 0.1) is 11.5 Å². The molecule has 0 aromatic carbocycles. The van der Waals surface area contributed by atoms with E-state index in [4.69, 9.17) is 0 Å². The molecule has 1 atom stereocenters. The van der Waals surface area contributed by atoms with Gasteiger partial charge in [-0.1, -0.05) is 0 Å². The number of rotatable bonds is 2. The van der Waals surface area contributed by atoms with Crippen molar-refractivity contribution in [2.75, 3.05) is 25.6 Å². The van der Waals surface area contributed by atoms with Crippen LogP contribution in [0, 0.1) is 0 Å². The molecule has 4 nitrogen and oxygen atoms in total. The normalized spacial score (nSPS) is 29.1. The molecule has 1 rings (SSSR count). The third-order valence-corrected chi connectivity index (χ3v) is 3.72. The van der Waals surface area contributed by atoms with Crippen molar-refractivity contribution in [1.29, 1.82) is 0 Å². The topological polar surface area (TPSA) is 49.4 Å². The first-order valence-electron chi connectivity index (χ1n) is 4.13. The molecular weight excluding hydrogens is 176 g/mol. The maximum absolute atomic E-state index is 11.2. The van der Waals surface area contributed by atoms with Gasteiger partial charge in [-0.05, 0) is 12.8 Å². The Bertz CT molecular complexity index is 236. The summed E-state index contributed by atoms with van der Waals surface area (Å²) in [4.78, 5) is 0. The maximum atomic E-state index is 11.2. The van der Waals surface area contributed by atoms with Gasteiger partial charge in [-0.15, -0.1) is 0 Å². The highest BCUT2D eigenvalue weighted by Crippen LogP contribution is 2.11. The van der Waals surface area contributed by atoms with Crippen LogP contribution in [-0.4, -0.2) is 45.1 Å². The number of hydrogen-bond acceptors (Lipinski definition) is 4. The quantitative estimate of drug-likeness (QED) is 0.606. The standard InChI is InChI=1S/C7H16N2O2S/c1-9(2)8-7-4-3-5-12(10,11)6-7/h7-8H,3-6H2,1-2H3. The molecule has 1 fully saturated rings. The molecule has 0 bridgehead atoms. The average molecular weight is 192 g/mol. The summed E-state index contributed by atoms with van der Waals surface area (Å²) >= 11 is 0. The summed E-state index contributed by atoms with van der Waals surface area (Å²) in [6.07, 6.45) is 1.74. The molecule has 1 saturated heterocycles. The predicted octanol–water partition coefficient (Wildman–Crippen LogP) is -0.370. The van der Waals surface area contributed by atoms with Crippen LogP contribution in [0.3, 0.4) is 0 Å². The first-order valence-corrected chi connectivity index (χ1v) is 5.96. The fraction of sp³-hybridized carbons (Fsp3) is 1.00. The van der Waals surface area contributed by atoms with Crippen molar-refractivity contribution in [3.05, 3.63) is 0 Å². The molecule has 0 saturated carbocycles. The second kappa shape index (κ2) is 3.72. The molecular formula is C7H16N2O2S. The van der Waals surface area contributed by atoms with Crippen LogP contribution in [0.4, 0.5) is 0 Å². The van der Waals surface area contributed by atoms with Gasteiger partial charge in [0.2, 0.25) is 0 Å². The molecule has 72 valence electrons. The molecule has 12 heavy (non-hydrogen) atoms. The smallest absolute Gasteiger partial charge is 0.151 e. The minimum Gasteiger partial charge on any atom is -0.252 e. The van der Waals surface area contributed by atoms with E-state index in [9.17, 15) is 8.42 Å². The molecule has 0 spiro atoms. The molecule has 0 aromatic rings. The number of hydrazine groups is 1. The zero-order valence-corrected chi connectivity index (χ0v) is 8.39. The Balaban J connectivity index is 2.47. The van der Waals surface area contributed by atoms with Crippen LogP contribution in [0.5, 0.6) is 0 Å². The lowest BCUT2D eigenvalue weighted by Crippen LogP contribution is -2.46. The van der Waals surface area contributed by atoms with Gasteiger partial charge < -0.3 is 0 Å². The molecule has 1 N–H and O–H groups in total. The zero-order valence-electron chi connectivity index (χ0n) is 7.58. The summed E-state index contributed by atoms with van der Waals surface area (Å²) in [5.74, 6) is 0.643. The summed E-state index contributed by atoms with van der Waals surface area (Å²) < 4.78 is 22.4. The highest BCUT2D eigenvalue weighted by molar-refractivity contribution is 7.91. The van der Waals surface area contributed by atoms with Gasteiger partial charge >= 0.3 is 0 Å². The zero-order chi connectivity index (χ0) is 9.19. The molecule has 0 radical (unpaired) electrons. The molecule has 1 aliphatic rings. The van der Waals surface area contributed by atoms with Crippen LogP contribution >= 0.6 is 0 Å². The molecule has 5 heteroatoms. The minimum absolute atomic E-state index is 0.110. The van der Waals surface area contributed by atoms with Crippen LogP contribution in [0.1, 0.15) is 12.8 Å². The lowest BCUT2D eigenvalue weighted by atomic mass is 10.2. The summed E-state index contributed by atoms with van der Waals surface area (Å²) in [5, 5.41) is 1.81.